The molecule has 2 rings (SSSR count). The lowest BCUT2D eigenvalue weighted by molar-refractivity contribution is 0.0591. The fourth-order valence-corrected chi connectivity index (χ4v) is 3.23. The summed E-state index contributed by atoms with van der Waals surface area (Å²) < 4.78 is 4.90. The first kappa shape index (κ1) is 12.9. The van der Waals surface area contributed by atoms with Crippen molar-refractivity contribution >= 4 is 11.8 Å². The molecule has 1 aliphatic heterocycles. The Bertz CT molecular complexity index is 359. The molecule has 4 heteroatoms. The van der Waals surface area contributed by atoms with E-state index in [1.165, 1.54) is 10.5 Å². The van der Waals surface area contributed by atoms with Crippen LogP contribution in [0.2, 0.25) is 0 Å². The van der Waals surface area contributed by atoms with Gasteiger partial charge in [0.05, 0.1) is 12.7 Å². The normalized spacial score (nSPS) is 20.2. The highest BCUT2D eigenvalue weighted by Crippen LogP contribution is 2.37. The van der Waals surface area contributed by atoms with Crippen LogP contribution in [0.15, 0.2) is 29.2 Å². The van der Waals surface area contributed by atoms with Crippen molar-refractivity contribution in [2.45, 2.75) is 23.5 Å². The van der Waals surface area contributed by atoms with Crippen molar-refractivity contribution in [3.63, 3.8) is 0 Å². The third-order valence-electron chi connectivity index (χ3n) is 2.93. The maximum absolute atomic E-state index is 9.55. The van der Waals surface area contributed by atoms with E-state index >= 15 is 0 Å². The van der Waals surface area contributed by atoms with Crippen molar-refractivity contribution in [2.24, 2.45) is 0 Å². The number of benzene rings is 1. The Hall–Kier alpha value is -0.550. The van der Waals surface area contributed by atoms with Gasteiger partial charge in [0.1, 0.15) is 0 Å². The predicted molar refractivity (Wildman–Crippen MR) is 70.4 cm³/mol. The number of ether oxygens (including phenoxy) is 1. The van der Waals surface area contributed by atoms with E-state index < -0.39 is 0 Å². The predicted octanol–water partition coefficient (Wildman–Crippen LogP) is 1.82. The summed E-state index contributed by atoms with van der Waals surface area (Å²) in [5.74, 6) is 1.08. The molecule has 1 aromatic rings. The number of nitrogens with one attached hydrogen (secondary N) is 1. The van der Waals surface area contributed by atoms with Crippen LogP contribution < -0.4 is 5.32 Å². The molecule has 0 spiro atoms. The summed E-state index contributed by atoms with van der Waals surface area (Å²) >= 11 is 1.90. The minimum Gasteiger partial charge on any atom is -0.391 e. The van der Waals surface area contributed by atoms with Crippen LogP contribution in [-0.2, 0) is 4.74 Å². The molecule has 94 valence electrons. The zero-order valence-electron chi connectivity index (χ0n) is 10.1. The van der Waals surface area contributed by atoms with Crippen LogP contribution in [-0.4, -0.2) is 37.2 Å². The second-order valence-electron chi connectivity index (χ2n) is 4.25. The highest BCUT2D eigenvalue weighted by molar-refractivity contribution is 7.99. The van der Waals surface area contributed by atoms with Crippen molar-refractivity contribution in [3.05, 3.63) is 29.8 Å². The molecule has 0 aliphatic carbocycles. The maximum atomic E-state index is 9.55. The molecule has 1 aliphatic rings. The van der Waals surface area contributed by atoms with Gasteiger partial charge in [-0.25, -0.2) is 0 Å². The largest absolute Gasteiger partial charge is 0.391 e. The standard InChI is InChI=1S/C13H19NO2S/c1-16-8-10(15)6-7-14-12-9-17-13-5-3-2-4-11(12)13/h2-5,10,12,14-15H,6-9H2,1H3. The molecule has 0 fully saturated rings. The Kier molecular flexibility index (Phi) is 4.86. The zero-order chi connectivity index (χ0) is 12.1. The van der Waals surface area contributed by atoms with Gasteiger partial charge in [-0.3, -0.25) is 0 Å². The molecule has 2 unspecified atom stereocenters. The molecule has 2 N–H and O–H groups in total. The van der Waals surface area contributed by atoms with E-state index in [0.717, 1.165) is 18.7 Å². The summed E-state index contributed by atoms with van der Waals surface area (Å²) in [5, 5.41) is 13.0. The number of hydrogen-bond donors (Lipinski definition) is 2. The van der Waals surface area contributed by atoms with Crippen LogP contribution in [0.4, 0.5) is 0 Å². The van der Waals surface area contributed by atoms with E-state index in [1.807, 2.05) is 11.8 Å². The molecule has 0 amide bonds. The van der Waals surface area contributed by atoms with Crippen molar-refractivity contribution in [1.29, 1.82) is 0 Å². The summed E-state index contributed by atoms with van der Waals surface area (Å²) in [6.45, 7) is 1.24. The molecule has 17 heavy (non-hydrogen) atoms. The minimum absolute atomic E-state index is 0.364. The number of fused-ring (bicyclic) bond motifs is 1. The molecule has 1 aromatic carbocycles. The van der Waals surface area contributed by atoms with Gasteiger partial charge in [-0.2, -0.15) is 0 Å². The van der Waals surface area contributed by atoms with Gasteiger partial charge in [0, 0.05) is 23.8 Å². The van der Waals surface area contributed by atoms with Gasteiger partial charge in [0.25, 0.3) is 0 Å². The maximum Gasteiger partial charge on any atom is 0.0785 e. The SMILES string of the molecule is COCC(O)CCNC1CSc2ccccc21. The number of methoxy groups -OCH3 is 1. The fourth-order valence-electron chi connectivity index (χ4n) is 2.03. The van der Waals surface area contributed by atoms with Gasteiger partial charge in [-0.1, -0.05) is 18.2 Å². The Balaban J connectivity index is 1.78. The Morgan fingerprint density at radius 3 is 3.18 bits per heavy atom. The van der Waals surface area contributed by atoms with Gasteiger partial charge in [0.15, 0.2) is 0 Å². The van der Waals surface area contributed by atoms with Crippen molar-refractivity contribution < 1.29 is 9.84 Å². The van der Waals surface area contributed by atoms with E-state index in [1.54, 1.807) is 7.11 Å². The second-order valence-corrected chi connectivity index (χ2v) is 5.32. The highest BCUT2D eigenvalue weighted by atomic mass is 32.2. The van der Waals surface area contributed by atoms with Gasteiger partial charge in [-0.15, -0.1) is 11.8 Å². The lowest BCUT2D eigenvalue weighted by Crippen LogP contribution is -2.26. The van der Waals surface area contributed by atoms with E-state index in [2.05, 4.69) is 29.6 Å². The lowest BCUT2D eigenvalue weighted by atomic mass is 10.1. The quantitative estimate of drug-likeness (QED) is 0.811. The smallest absolute Gasteiger partial charge is 0.0785 e. The molecule has 0 saturated carbocycles. The summed E-state index contributed by atoms with van der Waals surface area (Å²) in [6, 6.07) is 8.93. The third-order valence-corrected chi connectivity index (χ3v) is 4.11. The van der Waals surface area contributed by atoms with E-state index in [-0.39, 0.29) is 6.10 Å². The van der Waals surface area contributed by atoms with Crippen LogP contribution in [0, 0.1) is 0 Å². The Morgan fingerprint density at radius 1 is 1.53 bits per heavy atom. The molecule has 0 radical (unpaired) electrons. The van der Waals surface area contributed by atoms with Crippen LogP contribution in [0.1, 0.15) is 18.0 Å². The van der Waals surface area contributed by atoms with Gasteiger partial charge >= 0.3 is 0 Å². The zero-order valence-corrected chi connectivity index (χ0v) is 10.9. The van der Waals surface area contributed by atoms with E-state index in [0.29, 0.717) is 12.6 Å². The molecule has 0 saturated heterocycles. The average Bonchev–Trinajstić information content (AvgIpc) is 2.73. The molecular formula is C13H19NO2S. The van der Waals surface area contributed by atoms with Crippen molar-refractivity contribution in [3.8, 4) is 0 Å². The number of rotatable bonds is 6. The average molecular weight is 253 g/mol. The molecule has 2 atom stereocenters. The Labute approximate surface area is 107 Å². The van der Waals surface area contributed by atoms with Crippen molar-refractivity contribution in [2.75, 3.05) is 26.0 Å². The third kappa shape index (κ3) is 3.45. The molecular weight excluding hydrogens is 234 g/mol. The first-order valence-electron chi connectivity index (χ1n) is 5.93. The number of hydrogen-bond acceptors (Lipinski definition) is 4. The van der Waals surface area contributed by atoms with Crippen molar-refractivity contribution in [1.82, 2.24) is 5.32 Å². The second kappa shape index (κ2) is 6.40. The Morgan fingerprint density at radius 2 is 2.35 bits per heavy atom. The number of aliphatic hydroxyl groups excluding tert-OH is 1. The molecule has 1 heterocycles. The minimum atomic E-state index is -0.364. The van der Waals surface area contributed by atoms with E-state index in [4.69, 9.17) is 4.74 Å². The molecule has 0 aromatic heterocycles. The summed E-state index contributed by atoms with van der Waals surface area (Å²) in [5.41, 5.74) is 1.39. The first-order chi connectivity index (χ1) is 8.31. The topological polar surface area (TPSA) is 41.5 Å². The number of aliphatic hydroxyl groups is 1. The van der Waals surface area contributed by atoms with Crippen LogP contribution in [0.5, 0.6) is 0 Å². The van der Waals surface area contributed by atoms with Crippen LogP contribution in [0.3, 0.4) is 0 Å². The van der Waals surface area contributed by atoms with Gasteiger partial charge < -0.3 is 15.2 Å². The van der Waals surface area contributed by atoms with Crippen LogP contribution >= 0.6 is 11.8 Å². The highest BCUT2D eigenvalue weighted by Gasteiger charge is 2.21. The summed E-state index contributed by atoms with van der Waals surface area (Å²) in [4.78, 5) is 1.38. The monoisotopic (exact) mass is 253 g/mol. The van der Waals surface area contributed by atoms with Crippen LogP contribution in [0.25, 0.3) is 0 Å². The fraction of sp³-hybridized carbons (Fsp3) is 0.538. The summed E-state index contributed by atoms with van der Waals surface area (Å²) in [7, 11) is 1.61. The first-order valence-corrected chi connectivity index (χ1v) is 6.92. The van der Waals surface area contributed by atoms with Gasteiger partial charge in [0.2, 0.25) is 0 Å². The van der Waals surface area contributed by atoms with E-state index in [9.17, 15) is 5.11 Å². The molecule has 3 nitrogen and oxygen atoms in total. The van der Waals surface area contributed by atoms with Gasteiger partial charge in [-0.05, 0) is 24.6 Å². The lowest BCUT2D eigenvalue weighted by Gasteiger charge is -2.15. The summed E-state index contributed by atoms with van der Waals surface area (Å²) in [6.07, 6.45) is 0.369. The number of thioether (sulfide) groups is 1. The molecule has 0 bridgehead atoms.